The molecule has 3 aromatic rings. The molecule has 0 saturated carbocycles. The first-order chi connectivity index (χ1) is 14.3. The van der Waals surface area contributed by atoms with E-state index in [9.17, 15) is 9.59 Å². The molecule has 0 unspecified atom stereocenters. The summed E-state index contributed by atoms with van der Waals surface area (Å²) in [5.41, 5.74) is 21.8. The van der Waals surface area contributed by atoms with Crippen molar-refractivity contribution >= 4 is 40.6 Å². The number of benzene rings is 3. The number of carbonyl (C=O) groups excluding carboxylic acids is 2. The van der Waals surface area contributed by atoms with Gasteiger partial charge in [0.2, 0.25) is 0 Å². The van der Waals surface area contributed by atoms with Crippen molar-refractivity contribution in [2.24, 2.45) is 32.9 Å². The summed E-state index contributed by atoms with van der Waals surface area (Å²) in [5, 5.41) is 2.06. The Bertz CT molecular complexity index is 1110. The van der Waals surface area contributed by atoms with Crippen LogP contribution < -0.4 is 22.9 Å². The van der Waals surface area contributed by atoms with E-state index in [1.807, 2.05) is 60.7 Å². The first-order valence-corrected chi connectivity index (χ1v) is 8.84. The van der Waals surface area contributed by atoms with Gasteiger partial charge in [-0.15, -0.1) is 0 Å². The van der Waals surface area contributed by atoms with Gasteiger partial charge in [-0.2, -0.15) is 9.98 Å². The van der Waals surface area contributed by atoms with Crippen LogP contribution in [0.15, 0.2) is 88.9 Å². The number of guanidine groups is 2. The minimum atomic E-state index is -0.464. The molecule has 152 valence electrons. The topological polar surface area (TPSA) is 163 Å². The number of carbonyl (C=O) groups is 2. The van der Waals surface area contributed by atoms with Crippen LogP contribution in [0.4, 0.5) is 0 Å². The van der Waals surface area contributed by atoms with Gasteiger partial charge in [0, 0.05) is 11.6 Å². The van der Waals surface area contributed by atoms with Crippen molar-refractivity contribution in [3.05, 3.63) is 90.0 Å². The summed E-state index contributed by atoms with van der Waals surface area (Å²) in [6, 6.07) is 22.5. The molecular formula is C22H22N6O2. The van der Waals surface area contributed by atoms with Gasteiger partial charge in [-0.05, 0) is 34.5 Å². The van der Waals surface area contributed by atoms with Gasteiger partial charge in [-0.25, -0.2) is 0 Å². The van der Waals surface area contributed by atoms with Crippen LogP contribution in [0.5, 0.6) is 0 Å². The molecule has 0 bridgehead atoms. The minimum Gasteiger partial charge on any atom is -0.370 e. The van der Waals surface area contributed by atoms with E-state index in [2.05, 4.69) is 9.98 Å². The molecule has 8 nitrogen and oxygen atoms in total. The smallest absolute Gasteiger partial charge is 0.280 e. The Balaban J connectivity index is 0.000000216. The molecule has 0 atom stereocenters. The molecule has 30 heavy (non-hydrogen) atoms. The predicted octanol–water partition coefficient (Wildman–Crippen LogP) is 1.75. The summed E-state index contributed by atoms with van der Waals surface area (Å²) in [4.78, 5) is 29.4. The third kappa shape index (κ3) is 7.28. The number of hydrogen-bond donors (Lipinski definition) is 4. The maximum Gasteiger partial charge on any atom is 0.280 e. The van der Waals surface area contributed by atoms with E-state index >= 15 is 0 Å². The Morgan fingerprint density at radius 1 is 0.700 bits per heavy atom. The molecule has 0 saturated heterocycles. The lowest BCUT2D eigenvalue weighted by molar-refractivity contribution is -0.113. The highest BCUT2D eigenvalue weighted by Crippen LogP contribution is 2.16. The maximum absolute atomic E-state index is 11.6. The molecule has 0 fully saturated rings. The van der Waals surface area contributed by atoms with Crippen LogP contribution >= 0.6 is 0 Å². The number of fused-ring (bicyclic) bond motifs is 1. The molecular weight excluding hydrogens is 380 g/mol. The van der Waals surface area contributed by atoms with Crippen LogP contribution in [0.3, 0.4) is 0 Å². The van der Waals surface area contributed by atoms with Gasteiger partial charge in [0.1, 0.15) is 0 Å². The Morgan fingerprint density at radius 3 is 1.93 bits per heavy atom. The second kappa shape index (κ2) is 10.8. The number of rotatable bonds is 3. The number of amides is 2. The van der Waals surface area contributed by atoms with Crippen LogP contribution in [0.1, 0.15) is 15.9 Å². The average molecular weight is 402 g/mol. The summed E-state index contributed by atoms with van der Waals surface area (Å²) < 4.78 is 0. The van der Waals surface area contributed by atoms with Crippen molar-refractivity contribution < 1.29 is 9.59 Å². The highest BCUT2D eigenvalue weighted by atomic mass is 16.1. The van der Waals surface area contributed by atoms with Crippen molar-refractivity contribution in [1.82, 2.24) is 0 Å². The zero-order valence-electron chi connectivity index (χ0n) is 16.1. The number of nitrogens with two attached hydrogens (primary N) is 4. The molecule has 8 N–H and O–H groups in total. The van der Waals surface area contributed by atoms with Gasteiger partial charge in [-0.1, -0.05) is 60.7 Å². The number of aliphatic imine (C=N–C) groups is 2. The van der Waals surface area contributed by atoms with E-state index in [4.69, 9.17) is 22.9 Å². The second-order valence-electron chi connectivity index (χ2n) is 6.02. The van der Waals surface area contributed by atoms with Crippen LogP contribution in [0.2, 0.25) is 0 Å². The molecule has 0 aliphatic rings. The van der Waals surface area contributed by atoms with E-state index in [1.165, 1.54) is 6.08 Å². The van der Waals surface area contributed by atoms with Gasteiger partial charge in [0.25, 0.3) is 11.8 Å². The normalized spacial score (nSPS) is 10.0. The quantitative estimate of drug-likeness (QED) is 0.296. The zero-order chi connectivity index (χ0) is 21.9. The van der Waals surface area contributed by atoms with Crippen molar-refractivity contribution in [1.29, 1.82) is 0 Å². The first-order valence-electron chi connectivity index (χ1n) is 8.84. The summed E-state index contributed by atoms with van der Waals surface area (Å²) in [7, 11) is 0. The first kappa shape index (κ1) is 21.8. The van der Waals surface area contributed by atoms with Gasteiger partial charge in [-0.3, -0.25) is 9.59 Å². The second-order valence-corrected chi connectivity index (χ2v) is 6.02. The van der Waals surface area contributed by atoms with Crippen molar-refractivity contribution in [2.45, 2.75) is 0 Å². The molecule has 0 aliphatic carbocycles. The molecule has 3 aromatic carbocycles. The lowest BCUT2D eigenvalue weighted by Gasteiger charge is -2.00. The lowest BCUT2D eigenvalue weighted by atomic mass is 10.1. The lowest BCUT2D eigenvalue weighted by Crippen LogP contribution is -2.24. The Kier molecular flexibility index (Phi) is 7.84. The average Bonchev–Trinajstić information content (AvgIpc) is 2.72. The molecule has 0 radical (unpaired) electrons. The standard InChI is InChI=1S/C12H11N3O.C10H11N3O/c13-12(14)15-11(16)10-6-5-8-3-1-2-4-9(8)7-10;11-10(12)13-9(14)7-6-8-4-2-1-3-5-8/h1-7H,(H4,13,14,15,16);1-7H,(H4,11,12,13,14). The molecule has 2 amide bonds. The number of hydrogen-bond acceptors (Lipinski definition) is 2. The Hall–Kier alpha value is -4.46. The van der Waals surface area contributed by atoms with Crippen molar-refractivity contribution in [2.75, 3.05) is 0 Å². The monoisotopic (exact) mass is 402 g/mol. The van der Waals surface area contributed by atoms with Gasteiger partial charge in [0.15, 0.2) is 11.9 Å². The molecule has 3 rings (SSSR count). The summed E-state index contributed by atoms with van der Waals surface area (Å²) in [5.74, 6) is -1.34. The van der Waals surface area contributed by atoms with E-state index in [0.717, 1.165) is 16.3 Å². The fraction of sp³-hybridized carbons (Fsp3) is 0. The van der Waals surface area contributed by atoms with Crippen LogP contribution in [0.25, 0.3) is 16.8 Å². The van der Waals surface area contributed by atoms with E-state index in [1.54, 1.807) is 18.2 Å². The molecule has 8 heteroatoms. The highest BCUT2D eigenvalue weighted by Gasteiger charge is 2.04. The van der Waals surface area contributed by atoms with Crippen LogP contribution in [-0.4, -0.2) is 23.7 Å². The van der Waals surface area contributed by atoms with Gasteiger partial charge < -0.3 is 22.9 Å². The highest BCUT2D eigenvalue weighted by molar-refractivity contribution is 6.04. The Morgan fingerprint density at radius 2 is 1.30 bits per heavy atom. The molecule has 0 aliphatic heterocycles. The zero-order valence-corrected chi connectivity index (χ0v) is 16.1. The molecule has 0 aromatic heterocycles. The Labute approximate surface area is 173 Å². The molecule has 0 heterocycles. The third-order valence-electron chi connectivity index (χ3n) is 3.68. The third-order valence-corrected chi connectivity index (χ3v) is 3.68. The predicted molar refractivity (Wildman–Crippen MR) is 120 cm³/mol. The number of nitrogens with zero attached hydrogens (tertiary/aromatic N) is 2. The van der Waals surface area contributed by atoms with E-state index in [0.29, 0.717) is 5.56 Å². The van der Waals surface area contributed by atoms with Gasteiger partial charge >= 0.3 is 0 Å². The van der Waals surface area contributed by atoms with Crippen molar-refractivity contribution in [3.8, 4) is 0 Å². The summed E-state index contributed by atoms with van der Waals surface area (Å²) in [6.45, 7) is 0. The van der Waals surface area contributed by atoms with E-state index in [-0.39, 0.29) is 11.9 Å². The van der Waals surface area contributed by atoms with Gasteiger partial charge in [0.05, 0.1) is 0 Å². The summed E-state index contributed by atoms with van der Waals surface area (Å²) >= 11 is 0. The largest absolute Gasteiger partial charge is 0.370 e. The van der Waals surface area contributed by atoms with Crippen molar-refractivity contribution in [3.63, 3.8) is 0 Å². The SMILES string of the molecule is NC(N)=NC(=O)C=Cc1ccccc1.NC(N)=NC(=O)c1ccc2ccccc2c1. The fourth-order valence-corrected chi connectivity index (χ4v) is 2.40. The van der Waals surface area contributed by atoms with Crippen LogP contribution in [-0.2, 0) is 4.79 Å². The molecule has 0 spiro atoms. The fourth-order valence-electron chi connectivity index (χ4n) is 2.40. The maximum atomic E-state index is 11.6. The van der Waals surface area contributed by atoms with E-state index < -0.39 is 11.8 Å². The summed E-state index contributed by atoms with van der Waals surface area (Å²) in [6.07, 6.45) is 2.96. The van der Waals surface area contributed by atoms with Crippen LogP contribution in [0, 0.1) is 0 Å². The minimum absolute atomic E-state index is 0.224.